The van der Waals surface area contributed by atoms with Crippen LogP contribution in [0.5, 0.6) is 0 Å². The Morgan fingerprint density at radius 3 is 1.89 bits per heavy atom. The molecule has 0 saturated carbocycles. The number of hydrogen-bond donors (Lipinski definition) is 0. The number of thiophene rings is 1. The van der Waals surface area contributed by atoms with E-state index < -0.39 is 8.07 Å². The minimum absolute atomic E-state index is 0. The van der Waals surface area contributed by atoms with Gasteiger partial charge in [-0.05, 0) is 85.2 Å². The molecule has 5 aromatic carbocycles. The first kappa shape index (κ1) is 42.1. The molecule has 8 rings (SSSR count). The Morgan fingerprint density at radius 1 is 0.649 bits per heavy atom. The Bertz CT molecular complexity index is 2620. The van der Waals surface area contributed by atoms with E-state index in [2.05, 4.69) is 200 Å². The van der Waals surface area contributed by atoms with Crippen molar-refractivity contribution >= 4 is 44.8 Å². The minimum atomic E-state index is -1.44. The third kappa shape index (κ3) is 9.96. The van der Waals surface area contributed by atoms with Gasteiger partial charge in [-0.25, -0.2) is 0 Å². The van der Waals surface area contributed by atoms with Crippen molar-refractivity contribution in [3.8, 4) is 44.8 Å². The summed E-state index contributed by atoms with van der Waals surface area (Å²) in [5, 5.41) is 4.06. The maximum absolute atomic E-state index is 4.84. The zero-order chi connectivity index (χ0) is 39.6. The van der Waals surface area contributed by atoms with Crippen molar-refractivity contribution in [2.24, 2.45) is 5.41 Å². The number of rotatable bonds is 7. The van der Waals surface area contributed by atoms with Gasteiger partial charge in [0.15, 0.2) is 0 Å². The van der Waals surface area contributed by atoms with Gasteiger partial charge in [0.25, 0.3) is 0 Å². The summed E-state index contributed by atoms with van der Waals surface area (Å²) in [5.41, 5.74) is 13.4. The molecule has 3 heterocycles. The molecule has 0 spiro atoms. The van der Waals surface area contributed by atoms with Gasteiger partial charge in [0, 0.05) is 37.2 Å². The Labute approximate surface area is 358 Å². The average Bonchev–Trinajstić information content (AvgIpc) is 3.55. The molecule has 1 radical (unpaired) electrons. The summed E-state index contributed by atoms with van der Waals surface area (Å²) in [4.78, 5) is 9.53. The molecule has 0 aliphatic rings. The van der Waals surface area contributed by atoms with Crippen LogP contribution in [0.15, 0.2) is 134 Å². The summed E-state index contributed by atoms with van der Waals surface area (Å²) < 4.78 is 2.58. The number of nitrogens with zero attached hydrogens (tertiary/aromatic N) is 2. The molecule has 0 saturated heterocycles. The van der Waals surface area contributed by atoms with Crippen LogP contribution in [0.2, 0.25) is 19.6 Å². The van der Waals surface area contributed by atoms with E-state index in [-0.39, 0.29) is 25.5 Å². The van der Waals surface area contributed by atoms with Gasteiger partial charge in [0.2, 0.25) is 0 Å². The largest absolute Gasteiger partial charge is 0.305 e. The van der Waals surface area contributed by atoms with E-state index in [4.69, 9.17) is 4.98 Å². The zero-order valence-electron chi connectivity index (χ0n) is 34.6. The number of pyridine rings is 2. The Kier molecular flexibility index (Phi) is 13.0. The molecule has 0 aliphatic carbocycles. The van der Waals surface area contributed by atoms with Gasteiger partial charge in [0.1, 0.15) is 0 Å². The Hall–Kier alpha value is -4.51. The SMILES string of the molecule is CC(C)(C)Cc1cc(-c2[c-]ccc(-c3ccccc3)c2)ncc1[Si](C)(C)C.Cc1cnc(-c2[c-]cc3sc4cc(-c5ccccc5)ccc4c3c2)cc1C(C)C.[Ir]. The molecule has 57 heavy (non-hydrogen) atoms. The fourth-order valence-electron chi connectivity index (χ4n) is 7.45. The number of aryl methyl sites for hydroxylation is 1. The third-order valence-corrected chi connectivity index (χ3v) is 13.4. The molecule has 8 aromatic rings. The van der Waals surface area contributed by atoms with Crippen LogP contribution in [-0.2, 0) is 26.5 Å². The van der Waals surface area contributed by atoms with E-state index in [1.54, 1.807) is 0 Å². The molecular formula is C52H52IrN2SSi-2. The van der Waals surface area contributed by atoms with Gasteiger partial charge >= 0.3 is 0 Å². The normalized spacial score (nSPS) is 11.7. The predicted octanol–water partition coefficient (Wildman–Crippen LogP) is 14.4. The number of fused-ring (bicyclic) bond motifs is 3. The molecule has 2 nitrogen and oxygen atoms in total. The van der Waals surface area contributed by atoms with Gasteiger partial charge in [-0.2, -0.15) is 11.3 Å². The number of benzene rings is 5. The standard InChI is InChI=1S/C27H22NS.C25H30NSi.Ir/c1-17(2)23-15-25(28-16-18(23)3)21-10-12-26-24(13-21)22-11-9-20(14-27(22)29-26)19-7-5-4-6-8-19;1-25(2,3)17-22-16-23(26-18-24(22)27(4,5)6)21-14-10-13-20(15-21)19-11-8-7-9-12-19;/h4-9,11-17H,1-3H3;7-13,15-16,18H,17H2,1-6H3;/q2*-1;. The van der Waals surface area contributed by atoms with Crippen LogP contribution in [0.1, 0.15) is 57.2 Å². The summed E-state index contributed by atoms with van der Waals surface area (Å²) in [7, 11) is -1.44. The molecule has 0 aliphatic heterocycles. The van der Waals surface area contributed by atoms with E-state index in [0.717, 1.165) is 28.9 Å². The second kappa shape index (κ2) is 17.5. The fourth-order valence-corrected chi connectivity index (χ4v) is 10.1. The quantitative estimate of drug-likeness (QED) is 0.117. The summed E-state index contributed by atoms with van der Waals surface area (Å²) in [6.07, 6.45) is 5.19. The summed E-state index contributed by atoms with van der Waals surface area (Å²) in [6.45, 7) is 20.7. The first-order valence-electron chi connectivity index (χ1n) is 19.7. The van der Waals surface area contributed by atoms with Crippen LogP contribution in [-0.4, -0.2) is 18.0 Å². The van der Waals surface area contributed by atoms with Gasteiger partial charge in [-0.1, -0.05) is 150 Å². The first-order valence-corrected chi connectivity index (χ1v) is 24.0. The molecule has 0 fully saturated rings. The summed E-state index contributed by atoms with van der Waals surface area (Å²) >= 11 is 1.83. The van der Waals surface area contributed by atoms with Gasteiger partial charge < -0.3 is 9.97 Å². The average molecular weight is 957 g/mol. The zero-order valence-corrected chi connectivity index (χ0v) is 38.8. The van der Waals surface area contributed by atoms with Crippen LogP contribution in [0.4, 0.5) is 0 Å². The van der Waals surface area contributed by atoms with Crippen molar-refractivity contribution in [3.63, 3.8) is 0 Å². The maximum atomic E-state index is 4.84. The molecule has 0 atom stereocenters. The van der Waals surface area contributed by atoms with Crippen LogP contribution < -0.4 is 5.19 Å². The van der Waals surface area contributed by atoms with Gasteiger partial charge in [-0.15, -0.1) is 59.2 Å². The number of aromatic nitrogens is 2. The van der Waals surface area contributed by atoms with Crippen LogP contribution in [0, 0.1) is 24.5 Å². The van der Waals surface area contributed by atoms with Crippen LogP contribution in [0.25, 0.3) is 64.9 Å². The summed E-state index contributed by atoms with van der Waals surface area (Å²) in [5.74, 6) is 0.485. The van der Waals surface area contributed by atoms with Crippen LogP contribution >= 0.6 is 11.3 Å². The van der Waals surface area contributed by atoms with Crippen molar-refractivity contribution in [3.05, 3.63) is 163 Å². The Morgan fingerprint density at radius 2 is 1.26 bits per heavy atom. The first-order chi connectivity index (χ1) is 26.7. The van der Waals surface area contributed by atoms with Crippen molar-refractivity contribution < 1.29 is 20.1 Å². The second-order valence-corrected chi connectivity index (χ2v) is 23.6. The fraction of sp³-hybridized carbons (Fsp3) is 0.231. The topological polar surface area (TPSA) is 25.8 Å². The van der Waals surface area contributed by atoms with E-state index in [9.17, 15) is 0 Å². The molecule has 3 aromatic heterocycles. The molecule has 291 valence electrons. The molecular weight excluding hydrogens is 905 g/mol. The molecule has 0 amide bonds. The monoisotopic (exact) mass is 957 g/mol. The van der Waals surface area contributed by atoms with Crippen LogP contribution in [0.3, 0.4) is 0 Å². The molecule has 0 N–H and O–H groups in total. The molecule has 0 unspecified atom stereocenters. The third-order valence-electron chi connectivity index (χ3n) is 10.3. The van der Waals surface area contributed by atoms with E-state index in [1.807, 2.05) is 23.6 Å². The van der Waals surface area contributed by atoms with Crippen molar-refractivity contribution in [2.45, 2.75) is 73.5 Å². The van der Waals surface area contributed by atoms with Crippen molar-refractivity contribution in [1.29, 1.82) is 0 Å². The van der Waals surface area contributed by atoms with Crippen molar-refractivity contribution in [2.75, 3.05) is 0 Å². The molecule has 0 bridgehead atoms. The second-order valence-electron chi connectivity index (χ2n) is 17.5. The number of hydrogen-bond acceptors (Lipinski definition) is 3. The summed E-state index contributed by atoms with van der Waals surface area (Å²) in [6, 6.07) is 49.9. The van der Waals surface area contributed by atoms with Gasteiger partial charge in [0.05, 0.1) is 8.07 Å². The Balaban J connectivity index is 0.000000190. The maximum Gasteiger partial charge on any atom is 0.0798 e. The molecule has 5 heteroatoms. The van der Waals surface area contributed by atoms with Crippen molar-refractivity contribution in [1.82, 2.24) is 9.97 Å². The van der Waals surface area contributed by atoms with E-state index in [0.29, 0.717) is 5.92 Å². The van der Waals surface area contributed by atoms with Gasteiger partial charge in [-0.3, -0.25) is 0 Å². The smallest absolute Gasteiger partial charge is 0.0798 e. The minimum Gasteiger partial charge on any atom is -0.305 e. The predicted molar refractivity (Wildman–Crippen MR) is 246 cm³/mol. The van der Waals surface area contributed by atoms with E-state index in [1.165, 1.54) is 64.3 Å². The van der Waals surface area contributed by atoms with E-state index >= 15 is 0 Å².